The number of rotatable bonds is 4. The molecule has 0 fully saturated rings. The second kappa shape index (κ2) is 6.91. The second-order valence-electron chi connectivity index (χ2n) is 3.88. The molecule has 0 N–H and O–H groups in total. The lowest BCUT2D eigenvalue weighted by molar-refractivity contribution is 0.0732. The van der Waals surface area contributed by atoms with Crippen molar-refractivity contribution >= 4 is 37.8 Å². The Morgan fingerprint density at radius 3 is 2.24 bits per heavy atom. The molecule has 1 aromatic carbocycles. The summed E-state index contributed by atoms with van der Waals surface area (Å²) in [5, 5.41) is 0. The number of aromatic nitrogens is 1. The van der Waals surface area contributed by atoms with Crippen molar-refractivity contribution in [2.75, 3.05) is 14.2 Å². The van der Waals surface area contributed by atoms with Crippen LogP contribution in [0.25, 0.3) is 0 Å². The van der Waals surface area contributed by atoms with Gasteiger partial charge in [-0.25, -0.2) is 9.78 Å². The van der Waals surface area contributed by atoms with Crippen molar-refractivity contribution in [1.82, 2.24) is 4.98 Å². The van der Waals surface area contributed by atoms with Gasteiger partial charge in [-0.1, -0.05) is 0 Å². The smallest absolute Gasteiger partial charge is 0.343 e. The molecule has 0 saturated heterocycles. The van der Waals surface area contributed by atoms with E-state index in [4.69, 9.17) is 14.2 Å². The van der Waals surface area contributed by atoms with Crippen molar-refractivity contribution < 1.29 is 19.0 Å². The van der Waals surface area contributed by atoms with E-state index in [0.29, 0.717) is 31.9 Å². The van der Waals surface area contributed by atoms with E-state index in [2.05, 4.69) is 36.8 Å². The summed E-state index contributed by atoms with van der Waals surface area (Å²) < 4.78 is 16.8. The third kappa shape index (κ3) is 3.54. The van der Waals surface area contributed by atoms with Crippen molar-refractivity contribution in [3.63, 3.8) is 0 Å². The highest BCUT2D eigenvalue weighted by molar-refractivity contribution is 9.10. The third-order valence-electron chi connectivity index (χ3n) is 2.61. The fourth-order valence-electron chi connectivity index (χ4n) is 1.59. The number of pyridine rings is 1. The summed E-state index contributed by atoms with van der Waals surface area (Å²) in [6, 6.07) is 6.46. The van der Waals surface area contributed by atoms with Crippen LogP contribution in [0.5, 0.6) is 17.2 Å². The van der Waals surface area contributed by atoms with Gasteiger partial charge in [0, 0.05) is 6.20 Å². The predicted molar refractivity (Wildman–Crippen MR) is 84.1 cm³/mol. The molecule has 1 aromatic heterocycles. The van der Waals surface area contributed by atoms with Gasteiger partial charge >= 0.3 is 5.97 Å². The van der Waals surface area contributed by atoms with Crippen LogP contribution in [0.4, 0.5) is 0 Å². The maximum absolute atomic E-state index is 12.2. The second-order valence-corrected chi connectivity index (χ2v) is 5.42. The summed E-state index contributed by atoms with van der Waals surface area (Å²) in [4.78, 5) is 16.2. The number of halogens is 2. The predicted octanol–water partition coefficient (Wildman–Crippen LogP) is 3.84. The van der Waals surface area contributed by atoms with E-state index in [-0.39, 0.29) is 0 Å². The third-order valence-corrected chi connectivity index (χ3v) is 3.99. The van der Waals surface area contributed by atoms with Gasteiger partial charge < -0.3 is 14.2 Å². The first-order valence-corrected chi connectivity index (χ1v) is 7.39. The molecular formula is C14H11Br2NO4. The van der Waals surface area contributed by atoms with Gasteiger partial charge in [0.05, 0.1) is 19.8 Å². The largest absolute Gasteiger partial charge is 0.495 e. The molecule has 110 valence electrons. The van der Waals surface area contributed by atoms with Gasteiger partial charge in [0.1, 0.15) is 20.6 Å². The Morgan fingerprint density at radius 1 is 1.10 bits per heavy atom. The van der Waals surface area contributed by atoms with Crippen molar-refractivity contribution in [2.24, 2.45) is 0 Å². The Bertz CT molecular complexity index is 651. The van der Waals surface area contributed by atoms with E-state index in [1.165, 1.54) is 14.2 Å². The minimum Gasteiger partial charge on any atom is -0.495 e. The summed E-state index contributed by atoms with van der Waals surface area (Å²) in [6.07, 6.45) is 1.59. The molecular weight excluding hydrogens is 406 g/mol. The molecule has 0 amide bonds. The van der Waals surface area contributed by atoms with Gasteiger partial charge in [-0.15, -0.1) is 0 Å². The monoisotopic (exact) mass is 415 g/mol. The van der Waals surface area contributed by atoms with Crippen molar-refractivity contribution in [1.29, 1.82) is 0 Å². The molecule has 2 rings (SSSR count). The fourth-order valence-corrected chi connectivity index (χ4v) is 2.48. The highest BCUT2D eigenvalue weighted by Gasteiger charge is 2.17. The Balaban J connectivity index is 2.33. The number of hydrogen-bond donors (Lipinski definition) is 0. The van der Waals surface area contributed by atoms with Crippen LogP contribution in [0, 0.1) is 0 Å². The standard InChI is InChI=1S/C14H11Br2NO4/c1-19-10-6-8(7-11(20-2)12(10)15)14(18)21-9-4-3-5-17-13(9)16/h3-7H,1-2H3. The van der Waals surface area contributed by atoms with Crippen LogP contribution in [0.1, 0.15) is 10.4 Å². The molecule has 0 unspecified atom stereocenters. The lowest BCUT2D eigenvalue weighted by Gasteiger charge is -2.11. The fraction of sp³-hybridized carbons (Fsp3) is 0.143. The maximum atomic E-state index is 12.2. The molecule has 0 radical (unpaired) electrons. The number of carbonyl (C=O) groups excluding carboxylic acids is 1. The number of ether oxygens (including phenoxy) is 3. The lowest BCUT2D eigenvalue weighted by atomic mass is 10.2. The molecule has 0 bridgehead atoms. The first kappa shape index (κ1) is 15.8. The van der Waals surface area contributed by atoms with Crippen molar-refractivity contribution in [3.05, 3.63) is 45.1 Å². The molecule has 7 heteroatoms. The zero-order chi connectivity index (χ0) is 15.4. The number of methoxy groups -OCH3 is 2. The van der Waals surface area contributed by atoms with Crippen LogP contribution >= 0.6 is 31.9 Å². The summed E-state index contributed by atoms with van der Waals surface area (Å²) in [5.41, 5.74) is 0.308. The Labute approximate surface area is 138 Å². The zero-order valence-corrected chi connectivity index (χ0v) is 14.4. The van der Waals surface area contributed by atoms with Gasteiger partial charge in [0.25, 0.3) is 0 Å². The van der Waals surface area contributed by atoms with E-state index in [9.17, 15) is 4.79 Å². The summed E-state index contributed by atoms with van der Waals surface area (Å²) in [6.45, 7) is 0. The number of benzene rings is 1. The van der Waals surface area contributed by atoms with Crippen LogP contribution < -0.4 is 14.2 Å². The zero-order valence-electron chi connectivity index (χ0n) is 11.2. The highest BCUT2D eigenvalue weighted by Crippen LogP contribution is 2.36. The van der Waals surface area contributed by atoms with Gasteiger partial charge in [-0.05, 0) is 56.1 Å². The van der Waals surface area contributed by atoms with E-state index < -0.39 is 5.97 Å². The van der Waals surface area contributed by atoms with E-state index in [0.717, 1.165) is 0 Å². The summed E-state index contributed by atoms with van der Waals surface area (Å²) in [7, 11) is 3.01. The lowest BCUT2D eigenvalue weighted by Crippen LogP contribution is -2.10. The molecule has 0 aliphatic rings. The average Bonchev–Trinajstić information content (AvgIpc) is 2.49. The van der Waals surface area contributed by atoms with Crippen LogP contribution in [0.2, 0.25) is 0 Å². The molecule has 2 aromatic rings. The molecule has 0 aliphatic heterocycles. The Kier molecular flexibility index (Phi) is 5.19. The number of carbonyl (C=O) groups is 1. The van der Waals surface area contributed by atoms with Crippen LogP contribution in [0.15, 0.2) is 39.5 Å². The Hall–Kier alpha value is -1.60. The normalized spacial score (nSPS) is 10.1. The van der Waals surface area contributed by atoms with Crippen LogP contribution in [-0.4, -0.2) is 25.2 Å². The molecule has 1 heterocycles. The SMILES string of the molecule is COc1cc(C(=O)Oc2cccnc2Br)cc(OC)c1Br. The van der Waals surface area contributed by atoms with Gasteiger partial charge in [0.15, 0.2) is 5.75 Å². The first-order chi connectivity index (χ1) is 10.1. The average molecular weight is 417 g/mol. The van der Waals surface area contributed by atoms with E-state index >= 15 is 0 Å². The molecule has 0 aliphatic carbocycles. The van der Waals surface area contributed by atoms with E-state index in [1.807, 2.05) is 0 Å². The van der Waals surface area contributed by atoms with E-state index in [1.54, 1.807) is 30.5 Å². The van der Waals surface area contributed by atoms with Crippen LogP contribution in [0.3, 0.4) is 0 Å². The summed E-state index contributed by atoms with van der Waals surface area (Å²) in [5.74, 6) is 0.759. The molecule has 0 spiro atoms. The van der Waals surface area contributed by atoms with Gasteiger partial charge in [-0.2, -0.15) is 0 Å². The highest BCUT2D eigenvalue weighted by atomic mass is 79.9. The Morgan fingerprint density at radius 2 is 1.71 bits per heavy atom. The molecule has 0 saturated carbocycles. The van der Waals surface area contributed by atoms with Crippen molar-refractivity contribution in [3.8, 4) is 17.2 Å². The molecule has 21 heavy (non-hydrogen) atoms. The number of esters is 1. The molecule has 5 nitrogen and oxygen atoms in total. The van der Waals surface area contributed by atoms with Gasteiger partial charge in [-0.3, -0.25) is 0 Å². The van der Waals surface area contributed by atoms with Crippen molar-refractivity contribution in [2.45, 2.75) is 0 Å². The number of hydrogen-bond acceptors (Lipinski definition) is 5. The first-order valence-electron chi connectivity index (χ1n) is 5.81. The number of nitrogens with zero attached hydrogens (tertiary/aromatic N) is 1. The minimum atomic E-state index is -0.534. The molecule has 0 atom stereocenters. The van der Waals surface area contributed by atoms with Gasteiger partial charge in [0.2, 0.25) is 0 Å². The quantitative estimate of drug-likeness (QED) is 0.559. The maximum Gasteiger partial charge on any atom is 0.343 e. The topological polar surface area (TPSA) is 57.7 Å². The minimum absolute atomic E-state index is 0.308. The summed E-state index contributed by atoms with van der Waals surface area (Å²) >= 11 is 6.56. The van der Waals surface area contributed by atoms with Crippen LogP contribution in [-0.2, 0) is 0 Å².